The molecule has 0 unspecified atom stereocenters. The number of allylic oxidation sites excluding steroid dienone is 2. The molecule has 0 saturated carbocycles. The summed E-state index contributed by atoms with van der Waals surface area (Å²) in [5, 5.41) is 0. The van der Waals surface area contributed by atoms with Gasteiger partial charge in [0, 0.05) is 0 Å². The molecule has 0 atom stereocenters. The van der Waals surface area contributed by atoms with Gasteiger partial charge in [-0.05, 0) is 24.3 Å². The molecular weight excluding hydrogens is 120 g/mol. The maximum Gasteiger partial charge on any atom is -0.0110 e. The highest BCUT2D eigenvalue weighted by molar-refractivity contribution is 5.28. The smallest absolute Gasteiger partial charge is 0.0110 e. The van der Waals surface area contributed by atoms with Gasteiger partial charge < -0.3 is 0 Å². The molecule has 0 aliphatic heterocycles. The summed E-state index contributed by atoms with van der Waals surface area (Å²) in [6.07, 6.45) is 1.12. The minimum atomic E-state index is 0.228. The highest BCUT2D eigenvalue weighted by Gasteiger charge is 2.18. The Balaban J connectivity index is 4.33. The lowest BCUT2D eigenvalue weighted by molar-refractivity contribution is 0.436. The van der Waals surface area contributed by atoms with Crippen molar-refractivity contribution >= 4 is 0 Å². The van der Waals surface area contributed by atoms with E-state index in [1.165, 1.54) is 5.57 Å². The Morgan fingerprint density at radius 3 is 1.80 bits per heavy atom. The van der Waals surface area contributed by atoms with Crippen molar-refractivity contribution in [3.05, 3.63) is 24.3 Å². The molecule has 10 heavy (non-hydrogen) atoms. The van der Waals surface area contributed by atoms with E-state index in [1.807, 2.05) is 6.92 Å². The van der Waals surface area contributed by atoms with Gasteiger partial charge in [0.1, 0.15) is 0 Å². The molecule has 0 aromatic heterocycles. The molecule has 0 nitrogen and oxygen atoms in total. The van der Waals surface area contributed by atoms with E-state index in [0.29, 0.717) is 0 Å². The van der Waals surface area contributed by atoms with Gasteiger partial charge in [0.25, 0.3) is 0 Å². The monoisotopic (exact) mass is 138 g/mol. The molecule has 0 aromatic carbocycles. The number of hydrogen-bond donors (Lipinski definition) is 0. The molecule has 0 N–H and O–H groups in total. The Hall–Kier alpha value is -0.520. The van der Waals surface area contributed by atoms with E-state index in [4.69, 9.17) is 0 Å². The van der Waals surface area contributed by atoms with Crippen LogP contribution in [0.1, 0.15) is 34.1 Å². The highest BCUT2D eigenvalue weighted by atomic mass is 14.2. The van der Waals surface area contributed by atoms with Gasteiger partial charge in [-0.1, -0.05) is 39.5 Å². The van der Waals surface area contributed by atoms with Crippen LogP contribution < -0.4 is 0 Å². The third kappa shape index (κ3) is 2.02. The largest absolute Gasteiger partial charge is 0.0958 e. The van der Waals surface area contributed by atoms with Gasteiger partial charge in [-0.15, -0.1) is 0 Å². The predicted octanol–water partition coefficient (Wildman–Crippen LogP) is 3.55. The van der Waals surface area contributed by atoms with Crippen molar-refractivity contribution in [1.29, 1.82) is 0 Å². The SMILES string of the molecule is C=C(C)C(=C)C(C)(C)CC. The van der Waals surface area contributed by atoms with Crippen molar-refractivity contribution in [3.8, 4) is 0 Å². The van der Waals surface area contributed by atoms with Crippen LogP contribution in [0, 0.1) is 5.41 Å². The molecule has 0 spiro atoms. The Morgan fingerprint density at radius 1 is 1.30 bits per heavy atom. The molecular formula is C10H18. The Labute approximate surface area is 64.6 Å². The molecule has 0 aromatic rings. The van der Waals surface area contributed by atoms with Crippen molar-refractivity contribution in [2.24, 2.45) is 5.41 Å². The van der Waals surface area contributed by atoms with Crippen molar-refractivity contribution in [1.82, 2.24) is 0 Å². The maximum absolute atomic E-state index is 4.00. The minimum Gasteiger partial charge on any atom is -0.0958 e. The summed E-state index contributed by atoms with van der Waals surface area (Å²) in [6, 6.07) is 0. The quantitative estimate of drug-likeness (QED) is 0.523. The van der Waals surface area contributed by atoms with E-state index in [0.717, 1.165) is 12.0 Å². The van der Waals surface area contributed by atoms with E-state index >= 15 is 0 Å². The average molecular weight is 138 g/mol. The van der Waals surface area contributed by atoms with E-state index in [-0.39, 0.29) is 5.41 Å². The topological polar surface area (TPSA) is 0 Å². The fourth-order valence-electron chi connectivity index (χ4n) is 0.791. The second-order valence-corrected chi connectivity index (χ2v) is 3.50. The zero-order chi connectivity index (χ0) is 8.36. The van der Waals surface area contributed by atoms with Crippen LogP contribution in [-0.4, -0.2) is 0 Å². The van der Waals surface area contributed by atoms with Crippen LogP contribution in [0.2, 0.25) is 0 Å². The van der Waals surface area contributed by atoms with E-state index in [1.54, 1.807) is 0 Å². The second-order valence-electron chi connectivity index (χ2n) is 3.50. The van der Waals surface area contributed by atoms with Gasteiger partial charge in [-0.2, -0.15) is 0 Å². The summed E-state index contributed by atoms with van der Waals surface area (Å²) in [5.41, 5.74) is 2.51. The summed E-state index contributed by atoms with van der Waals surface area (Å²) in [7, 11) is 0. The second kappa shape index (κ2) is 3.05. The van der Waals surface area contributed by atoms with Crippen LogP contribution in [-0.2, 0) is 0 Å². The molecule has 0 aliphatic carbocycles. The van der Waals surface area contributed by atoms with Gasteiger partial charge in [0.15, 0.2) is 0 Å². The van der Waals surface area contributed by atoms with Crippen LogP contribution in [0.25, 0.3) is 0 Å². The predicted molar refractivity (Wildman–Crippen MR) is 48.0 cm³/mol. The fourth-order valence-corrected chi connectivity index (χ4v) is 0.791. The normalized spacial score (nSPS) is 11.2. The van der Waals surface area contributed by atoms with Gasteiger partial charge in [-0.3, -0.25) is 0 Å². The molecule has 0 heterocycles. The van der Waals surface area contributed by atoms with Gasteiger partial charge in [0.2, 0.25) is 0 Å². The van der Waals surface area contributed by atoms with Crippen LogP contribution >= 0.6 is 0 Å². The van der Waals surface area contributed by atoms with E-state index in [2.05, 4.69) is 33.9 Å². The maximum atomic E-state index is 4.00. The Bertz CT molecular complexity index is 149. The van der Waals surface area contributed by atoms with Crippen molar-refractivity contribution in [2.45, 2.75) is 34.1 Å². The first-order valence-corrected chi connectivity index (χ1v) is 3.77. The molecule has 0 radical (unpaired) electrons. The van der Waals surface area contributed by atoms with Crippen LogP contribution in [0.4, 0.5) is 0 Å². The van der Waals surface area contributed by atoms with Crippen LogP contribution in [0.5, 0.6) is 0 Å². The lowest BCUT2D eigenvalue weighted by Crippen LogP contribution is -2.12. The Morgan fingerprint density at radius 2 is 1.70 bits per heavy atom. The van der Waals surface area contributed by atoms with Crippen molar-refractivity contribution in [2.75, 3.05) is 0 Å². The zero-order valence-electron chi connectivity index (χ0n) is 7.62. The summed E-state index contributed by atoms with van der Waals surface area (Å²) < 4.78 is 0. The third-order valence-electron chi connectivity index (χ3n) is 2.22. The van der Waals surface area contributed by atoms with Crippen LogP contribution in [0.3, 0.4) is 0 Å². The molecule has 0 amide bonds. The molecule has 0 rings (SSSR count). The first-order valence-electron chi connectivity index (χ1n) is 3.77. The van der Waals surface area contributed by atoms with E-state index in [9.17, 15) is 0 Å². The van der Waals surface area contributed by atoms with Crippen molar-refractivity contribution in [3.63, 3.8) is 0 Å². The molecule has 0 bridgehead atoms. The standard InChI is InChI=1S/C10H18/c1-7-10(5,6)9(4)8(2)3/h2,4,7H2,1,3,5-6H3. The number of rotatable bonds is 3. The molecule has 0 fully saturated rings. The summed E-state index contributed by atoms with van der Waals surface area (Å²) in [4.78, 5) is 0. The fraction of sp³-hybridized carbons (Fsp3) is 0.600. The molecule has 0 heteroatoms. The number of hydrogen-bond acceptors (Lipinski definition) is 0. The van der Waals surface area contributed by atoms with Crippen LogP contribution in [0.15, 0.2) is 24.3 Å². The van der Waals surface area contributed by atoms with Crippen molar-refractivity contribution < 1.29 is 0 Å². The average Bonchev–Trinajstić information content (AvgIpc) is 1.86. The van der Waals surface area contributed by atoms with Gasteiger partial charge in [0.05, 0.1) is 0 Å². The van der Waals surface area contributed by atoms with Gasteiger partial charge in [-0.25, -0.2) is 0 Å². The van der Waals surface area contributed by atoms with E-state index < -0.39 is 0 Å². The third-order valence-corrected chi connectivity index (χ3v) is 2.22. The summed E-state index contributed by atoms with van der Waals surface area (Å²) in [6.45, 7) is 16.5. The summed E-state index contributed by atoms with van der Waals surface area (Å²) in [5.74, 6) is 0. The first-order chi connectivity index (χ1) is 4.41. The lowest BCUT2D eigenvalue weighted by Gasteiger charge is -2.25. The first kappa shape index (κ1) is 9.48. The molecule has 0 saturated heterocycles. The highest BCUT2D eigenvalue weighted by Crippen LogP contribution is 2.32. The lowest BCUT2D eigenvalue weighted by atomic mass is 9.80. The molecule has 58 valence electrons. The zero-order valence-corrected chi connectivity index (χ0v) is 7.62. The summed E-state index contributed by atoms with van der Waals surface area (Å²) >= 11 is 0. The van der Waals surface area contributed by atoms with Gasteiger partial charge >= 0.3 is 0 Å². The minimum absolute atomic E-state index is 0.228. The molecule has 0 aliphatic rings. The Kier molecular flexibility index (Phi) is 2.89.